The van der Waals surface area contributed by atoms with E-state index in [1.165, 1.54) is 19.6 Å². The second-order valence-electron chi connectivity index (χ2n) is 6.99. The molecule has 0 aliphatic carbocycles. The van der Waals surface area contributed by atoms with Crippen LogP contribution in [-0.2, 0) is 6.54 Å². The summed E-state index contributed by atoms with van der Waals surface area (Å²) in [5.74, 6) is -0.342. The van der Waals surface area contributed by atoms with Gasteiger partial charge in [-0.2, -0.15) is 0 Å². The molecule has 0 bridgehead atoms. The second kappa shape index (κ2) is 10.2. The molecule has 2 aromatic rings. The Morgan fingerprint density at radius 3 is 2.71 bits per heavy atom. The van der Waals surface area contributed by atoms with Crippen molar-refractivity contribution >= 4 is 41.6 Å². The van der Waals surface area contributed by atoms with Gasteiger partial charge in [0.15, 0.2) is 0 Å². The number of amides is 2. The molecule has 11 nitrogen and oxygen atoms in total. The van der Waals surface area contributed by atoms with Gasteiger partial charge in [0.1, 0.15) is 27.7 Å². The third kappa shape index (κ3) is 5.47. The number of aromatic nitrogens is 3. The molecule has 2 amide bonds. The Morgan fingerprint density at radius 2 is 2.03 bits per heavy atom. The summed E-state index contributed by atoms with van der Waals surface area (Å²) in [6.07, 6.45) is 4.98. The number of likely N-dealkylation sites (tertiary alicyclic amines) is 1. The SMILES string of the molecule is C=NC(=NC)NC(=O)c1cnc(C(C)NC(=O)c2ncnc(N)c2CN2CCCC2)s1. The van der Waals surface area contributed by atoms with Crippen LogP contribution in [0, 0.1) is 0 Å². The molecule has 3 heterocycles. The molecule has 3 rings (SSSR count). The molecule has 1 aliphatic rings. The van der Waals surface area contributed by atoms with Crippen molar-refractivity contribution in [2.75, 3.05) is 25.9 Å². The Morgan fingerprint density at radius 1 is 1.29 bits per heavy atom. The second-order valence-corrected chi connectivity index (χ2v) is 8.05. The summed E-state index contributed by atoms with van der Waals surface area (Å²) in [6.45, 7) is 7.58. The number of carbonyl (C=O) groups is 2. The molecular weight excluding hydrogens is 418 g/mol. The van der Waals surface area contributed by atoms with Gasteiger partial charge in [-0.15, -0.1) is 11.3 Å². The quantitative estimate of drug-likeness (QED) is 0.445. The number of nitrogens with one attached hydrogen (secondary N) is 2. The van der Waals surface area contributed by atoms with E-state index in [1.54, 1.807) is 6.92 Å². The highest BCUT2D eigenvalue weighted by Gasteiger charge is 2.23. The number of guanidine groups is 1. The van der Waals surface area contributed by atoms with Crippen molar-refractivity contribution < 1.29 is 9.59 Å². The fraction of sp³-hybridized carbons (Fsp3) is 0.421. The van der Waals surface area contributed by atoms with Crippen LogP contribution in [-0.4, -0.2) is 64.5 Å². The first kappa shape index (κ1) is 22.4. The third-order valence-electron chi connectivity index (χ3n) is 4.83. The molecule has 1 saturated heterocycles. The molecule has 31 heavy (non-hydrogen) atoms. The molecule has 4 N–H and O–H groups in total. The molecule has 12 heteroatoms. The summed E-state index contributed by atoms with van der Waals surface area (Å²) < 4.78 is 0. The van der Waals surface area contributed by atoms with Crippen LogP contribution in [0.3, 0.4) is 0 Å². The van der Waals surface area contributed by atoms with E-state index >= 15 is 0 Å². The fourth-order valence-corrected chi connectivity index (χ4v) is 4.01. The predicted molar refractivity (Wildman–Crippen MR) is 119 cm³/mol. The predicted octanol–water partition coefficient (Wildman–Crippen LogP) is 1.02. The number of hydrogen-bond acceptors (Lipinski definition) is 9. The highest BCUT2D eigenvalue weighted by molar-refractivity contribution is 7.13. The molecule has 2 aromatic heterocycles. The summed E-state index contributed by atoms with van der Waals surface area (Å²) >= 11 is 1.16. The maximum absolute atomic E-state index is 12.9. The minimum Gasteiger partial charge on any atom is -0.383 e. The van der Waals surface area contributed by atoms with Gasteiger partial charge in [0.25, 0.3) is 11.8 Å². The summed E-state index contributed by atoms with van der Waals surface area (Å²) in [7, 11) is 1.50. The van der Waals surface area contributed by atoms with Crippen LogP contribution in [0.2, 0.25) is 0 Å². The number of rotatable bonds is 6. The van der Waals surface area contributed by atoms with E-state index in [4.69, 9.17) is 5.73 Å². The lowest BCUT2D eigenvalue weighted by Crippen LogP contribution is -2.30. The van der Waals surface area contributed by atoms with Crippen LogP contribution in [0.1, 0.15) is 56.5 Å². The number of hydrogen-bond donors (Lipinski definition) is 3. The molecule has 164 valence electrons. The van der Waals surface area contributed by atoms with E-state index in [0.717, 1.165) is 37.3 Å². The fourth-order valence-electron chi connectivity index (χ4n) is 3.19. The minimum absolute atomic E-state index is 0.119. The average molecular weight is 444 g/mol. The third-order valence-corrected chi connectivity index (χ3v) is 6.01. The van der Waals surface area contributed by atoms with Crippen molar-refractivity contribution in [3.05, 3.63) is 33.7 Å². The van der Waals surface area contributed by atoms with E-state index in [2.05, 4.69) is 47.2 Å². The van der Waals surface area contributed by atoms with Crippen LogP contribution in [0.4, 0.5) is 5.82 Å². The summed E-state index contributed by atoms with van der Waals surface area (Å²) in [5, 5.41) is 5.98. The smallest absolute Gasteiger partial charge is 0.270 e. The lowest BCUT2D eigenvalue weighted by Gasteiger charge is -2.18. The zero-order valence-electron chi connectivity index (χ0n) is 17.5. The van der Waals surface area contributed by atoms with Crippen molar-refractivity contribution in [2.24, 2.45) is 9.98 Å². The van der Waals surface area contributed by atoms with Crippen molar-refractivity contribution in [3.8, 4) is 0 Å². The molecule has 1 aliphatic heterocycles. The number of carbonyl (C=O) groups excluding carboxylic acids is 2. The van der Waals surface area contributed by atoms with Crippen molar-refractivity contribution in [1.29, 1.82) is 0 Å². The Hall–Kier alpha value is -3.25. The zero-order chi connectivity index (χ0) is 22.4. The number of aliphatic imine (C=N–C) groups is 2. The van der Waals surface area contributed by atoms with E-state index in [-0.39, 0.29) is 17.6 Å². The molecule has 0 radical (unpaired) electrons. The average Bonchev–Trinajstić information content (AvgIpc) is 3.45. The van der Waals surface area contributed by atoms with Gasteiger partial charge in [-0.3, -0.25) is 24.8 Å². The van der Waals surface area contributed by atoms with Crippen molar-refractivity contribution in [1.82, 2.24) is 30.5 Å². The van der Waals surface area contributed by atoms with Crippen LogP contribution in [0.5, 0.6) is 0 Å². The van der Waals surface area contributed by atoms with E-state index in [9.17, 15) is 9.59 Å². The molecule has 0 aromatic carbocycles. The van der Waals surface area contributed by atoms with Gasteiger partial charge in [0.05, 0.1) is 12.2 Å². The van der Waals surface area contributed by atoms with Crippen LogP contribution in [0.25, 0.3) is 0 Å². The Bertz CT molecular complexity index is 998. The zero-order valence-corrected chi connectivity index (χ0v) is 18.3. The van der Waals surface area contributed by atoms with E-state index in [1.807, 2.05) is 0 Å². The summed E-state index contributed by atoms with van der Waals surface area (Å²) in [5.41, 5.74) is 6.92. The van der Waals surface area contributed by atoms with Crippen molar-refractivity contribution in [2.45, 2.75) is 32.4 Å². The maximum Gasteiger partial charge on any atom is 0.270 e. The highest BCUT2D eigenvalue weighted by atomic mass is 32.1. The highest BCUT2D eigenvalue weighted by Crippen LogP contribution is 2.22. The first-order valence-electron chi connectivity index (χ1n) is 9.76. The first-order valence-corrected chi connectivity index (χ1v) is 10.6. The number of nitrogens with zero attached hydrogens (tertiary/aromatic N) is 6. The van der Waals surface area contributed by atoms with Crippen LogP contribution >= 0.6 is 11.3 Å². The Kier molecular flexibility index (Phi) is 7.36. The van der Waals surface area contributed by atoms with Gasteiger partial charge in [0.2, 0.25) is 5.96 Å². The number of nitrogen functional groups attached to an aromatic ring is 1. The molecule has 1 unspecified atom stereocenters. The lowest BCUT2D eigenvalue weighted by atomic mass is 10.1. The summed E-state index contributed by atoms with van der Waals surface area (Å²) in [4.78, 5) is 47.7. The molecule has 1 fully saturated rings. The van der Waals surface area contributed by atoms with Gasteiger partial charge < -0.3 is 11.1 Å². The van der Waals surface area contributed by atoms with Crippen molar-refractivity contribution in [3.63, 3.8) is 0 Å². The topological polar surface area (TPSA) is 151 Å². The van der Waals surface area contributed by atoms with Crippen LogP contribution in [0.15, 0.2) is 22.5 Å². The monoisotopic (exact) mass is 443 g/mol. The Balaban J connectivity index is 1.70. The number of thiazole rings is 1. The minimum atomic E-state index is -0.438. The number of nitrogens with two attached hydrogens (primary N) is 1. The molecule has 0 saturated carbocycles. The molecular formula is C19H25N9O2S. The van der Waals surface area contributed by atoms with Gasteiger partial charge in [-0.25, -0.2) is 19.9 Å². The normalized spacial score (nSPS) is 15.5. The lowest BCUT2D eigenvalue weighted by molar-refractivity contribution is 0.0931. The maximum atomic E-state index is 12.9. The van der Waals surface area contributed by atoms with Gasteiger partial charge >= 0.3 is 0 Å². The molecule has 1 atom stereocenters. The first-order chi connectivity index (χ1) is 14.9. The standard InChI is InChI=1S/C19H25N9O2S/c1-11(18-23-8-13(31-18)16(29)27-19(21-2)22-3)26-17(30)14-12(15(20)25-10-24-14)9-28-6-4-5-7-28/h8,10-11H,2,4-7,9H2,1,3H3,(H,26,30)(H2,20,24,25)(H,22,27,29). The van der Waals surface area contributed by atoms with E-state index in [0.29, 0.717) is 27.8 Å². The van der Waals surface area contributed by atoms with Crippen LogP contribution < -0.4 is 16.4 Å². The number of anilines is 1. The van der Waals surface area contributed by atoms with Gasteiger partial charge in [-0.1, -0.05) is 0 Å². The summed E-state index contributed by atoms with van der Waals surface area (Å²) in [6, 6.07) is -0.438. The largest absolute Gasteiger partial charge is 0.383 e. The van der Waals surface area contributed by atoms with Gasteiger partial charge in [0, 0.05) is 19.2 Å². The van der Waals surface area contributed by atoms with E-state index < -0.39 is 11.9 Å². The molecule has 0 spiro atoms. The van der Waals surface area contributed by atoms with Gasteiger partial charge in [-0.05, 0) is 39.6 Å². The Labute approximate surface area is 183 Å².